The van der Waals surface area contributed by atoms with Crippen LogP contribution in [0.3, 0.4) is 0 Å². The lowest BCUT2D eigenvalue weighted by atomic mass is 9.98. The molecule has 1 unspecified atom stereocenters. The van der Waals surface area contributed by atoms with Crippen LogP contribution in [0.1, 0.15) is 30.3 Å². The van der Waals surface area contributed by atoms with Gasteiger partial charge in [-0.25, -0.2) is 9.07 Å². The topological polar surface area (TPSA) is 64.4 Å². The quantitative estimate of drug-likeness (QED) is 0.521. The summed E-state index contributed by atoms with van der Waals surface area (Å²) in [5.41, 5.74) is 1.38. The maximum absolute atomic E-state index is 14.4. The second kappa shape index (κ2) is 9.53. The lowest BCUT2D eigenvalue weighted by molar-refractivity contribution is -0.149. The van der Waals surface area contributed by atoms with Gasteiger partial charge in [-0.1, -0.05) is 35.9 Å². The van der Waals surface area contributed by atoms with Gasteiger partial charge in [-0.2, -0.15) is 5.10 Å². The van der Waals surface area contributed by atoms with E-state index in [0.717, 1.165) is 0 Å². The molecule has 3 aromatic rings. The van der Waals surface area contributed by atoms with Crippen LogP contribution in [0.15, 0.2) is 54.6 Å². The Hall–Kier alpha value is -3.19. The van der Waals surface area contributed by atoms with Gasteiger partial charge in [0, 0.05) is 18.7 Å². The number of ether oxygens (including phenoxy) is 1. The first kappa shape index (κ1) is 22.0. The molecule has 166 valence electrons. The van der Waals surface area contributed by atoms with Crippen molar-refractivity contribution in [1.29, 1.82) is 0 Å². The van der Waals surface area contributed by atoms with Gasteiger partial charge in [0.25, 0.3) is 5.91 Å². The van der Waals surface area contributed by atoms with Gasteiger partial charge in [0.2, 0.25) is 0 Å². The van der Waals surface area contributed by atoms with E-state index in [1.807, 2.05) is 0 Å². The third kappa shape index (κ3) is 4.39. The average Bonchev–Trinajstić information content (AvgIpc) is 3.24. The van der Waals surface area contributed by atoms with Crippen LogP contribution in [-0.2, 0) is 9.53 Å². The van der Waals surface area contributed by atoms with Crippen LogP contribution in [0.2, 0.25) is 5.02 Å². The molecule has 4 rings (SSSR count). The monoisotopic (exact) mass is 455 g/mol. The molecule has 0 radical (unpaired) electrons. The molecular formula is C24H23ClFN3O3. The number of benzene rings is 2. The molecule has 0 N–H and O–H groups in total. The molecule has 0 saturated carbocycles. The van der Waals surface area contributed by atoms with Crippen LogP contribution >= 0.6 is 11.6 Å². The maximum Gasteiger partial charge on any atom is 0.310 e. The van der Waals surface area contributed by atoms with E-state index in [2.05, 4.69) is 5.10 Å². The van der Waals surface area contributed by atoms with Crippen molar-refractivity contribution in [1.82, 2.24) is 14.7 Å². The number of hydrogen-bond donors (Lipinski definition) is 0. The third-order valence-electron chi connectivity index (χ3n) is 5.49. The first-order chi connectivity index (χ1) is 15.5. The Bertz CT molecular complexity index is 1150. The second-order valence-corrected chi connectivity index (χ2v) is 8.01. The highest BCUT2D eigenvalue weighted by Gasteiger charge is 2.32. The second-order valence-electron chi connectivity index (χ2n) is 7.60. The molecule has 2 aromatic carbocycles. The van der Waals surface area contributed by atoms with Crippen molar-refractivity contribution in [3.63, 3.8) is 0 Å². The first-order valence-electron chi connectivity index (χ1n) is 10.6. The SMILES string of the molecule is CCOC(=O)C1CCCN(C(=O)c2cc(-c3ccccc3F)nn2-c2ccccc2Cl)C1. The Labute approximate surface area is 190 Å². The lowest BCUT2D eigenvalue weighted by Gasteiger charge is -2.31. The average molecular weight is 456 g/mol. The van der Waals surface area contributed by atoms with Gasteiger partial charge in [0.05, 0.1) is 28.9 Å². The summed E-state index contributed by atoms with van der Waals surface area (Å²) in [6, 6.07) is 14.9. The summed E-state index contributed by atoms with van der Waals surface area (Å²) in [6.07, 6.45) is 1.36. The summed E-state index contributed by atoms with van der Waals surface area (Å²) in [7, 11) is 0. The standard InChI is InChI=1S/C24H23ClFN3O3/c1-2-32-24(31)16-8-7-13-28(15-16)23(30)22-14-20(17-9-3-5-11-19(17)26)27-29(22)21-12-6-4-10-18(21)25/h3-6,9-12,14,16H,2,7-8,13,15H2,1H3. The van der Waals surface area contributed by atoms with Gasteiger partial charge in [0.1, 0.15) is 11.5 Å². The number of carbonyl (C=O) groups is 2. The fourth-order valence-corrected chi connectivity index (χ4v) is 4.13. The predicted octanol–water partition coefficient (Wildman–Crippen LogP) is 4.75. The number of halogens is 2. The van der Waals surface area contributed by atoms with Crippen LogP contribution in [-0.4, -0.2) is 46.3 Å². The summed E-state index contributed by atoms with van der Waals surface area (Å²) in [5, 5.41) is 4.93. The summed E-state index contributed by atoms with van der Waals surface area (Å²) in [6.45, 7) is 2.84. The molecule has 1 atom stereocenters. The Morgan fingerprint density at radius 2 is 1.94 bits per heavy atom. The zero-order valence-corrected chi connectivity index (χ0v) is 18.4. The number of rotatable bonds is 5. The minimum absolute atomic E-state index is 0.251. The van der Waals surface area contributed by atoms with E-state index in [1.54, 1.807) is 60.4 Å². The molecule has 1 aromatic heterocycles. The number of aromatic nitrogens is 2. The van der Waals surface area contributed by atoms with Crippen molar-refractivity contribution in [3.05, 3.63) is 71.1 Å². The Balaban J connectivity index is 1.74. The predicted molar refractivity (Wildman–Crippen MR) is 119 cm³/mol. The van der Waals surface area contributed by atoms with Gasteiger partial charge in [0.15, 0.2) is 0 Å². The molecular weight excluding hydrogens is 433 g/mol. The fraction of sp³-hybridized carbons (Fsp3) is 0.292. The highest BCUT2D eigenvalue weighted by molar-refractivity contribution is 6.32. The van der Waals surface area contributed by atoms with Gasteiger partial charge in [-0.15, -0.1) is 0 Å². The largest absolute Gasteiger partial charge is 0.466 e. The number of carbonyl (C=O) groups excluding carboxylic acids is 2. The molecule has 1 aliphatic rings. The van der Waals surface area contributed by atoms with E-state index < -0.39 is 5.82 Å². The number of esters is 1. The van der Waals surface area contributed by atoms with Gasteiger partial charge >= 0.3 is 5.97 Å². The van der Waals surface area contributed by atoms with Gasteiger partial charge in [-0.05, 0) is 50.1 Å². The molecule has 32 heavy (non-hydrogen) atoms. The molecule has 1 fully saturated rings. The minimum Gasteiger partial charge on any atom is -0.466 e. The van der Waals surface area contributed by atoms with Crippen molar-refractivity contribution >= 4 is 23.5 Å². The van der Waals surface area contributed by atoms with Crippen molar-refractivity contribution in [2.45, 2.75) is 19.8 Å². The summed E-state index contributed by atoms with van der Waals surface area (Å²) in [4.78, 5) is 27.4. The lowest BCUT2D eigenvalue weighted by Crippen LogP contribution is -2.43. The molecule has 1 saturated heterocycles. The number of likely N-dealkylation sites (tertiary alicyclic amines) is 1. The van der Waals surface area contributed by atoms with Crippen LogP contribution in [0.5, 0.6) is 0 Å². The van der Waals surface area contributed by atoms with Crippen molar-refractivity contribution in [3.8, 4) is 16.9 Å². The molecule has 6 nitrogen and oxygen atoms in total. The van der Waals surface area contributed by atoms with Crippen molar-refractivity contribution < 1.29 is 18.7 Å². The van der Waals surface area contributed by atoms with Crippen molar-refractivity contribution in [2.24, 2.45) is 5.92 Å². The third-order valence-corrected chi connectivity index (χ3v) is 5.81. The number of hydrogen-bond acceptors (Lipinski definition) is 4. The minimum atomic E-state index is -0.435. The normalized spacial score (nSPS) is 16.1. The summed E-state index contributed by atoms with van der Waals surface area (Å²) < 4.78 is 21.0. The molecule has 0 bridgehead atoms. The summed E-state index contributed by atoms with van der Waals surface area (Å²) in [5.74, 6) is -1.39. The molecule has 0 aliphatic carbocycles. The van der Waals surface area contributed by atoms with Crippen LogP contribution in [0.25, 0.3) is 16.9 Å². The highest BCUT2D eigenvalue weighted by atomic mass is 35.5. The number of nitrogens with zero attached hydrogens (tertiary/aromatic N) is 3. The highest BCUT2D eigenvalue weighted by Crippen LogP contribution is 2.29. The van der Waals surface area contributed by atoms with E-state index in [-0.39, 0.29) is 35.6 Å². The maximum atomic E-state index is 14.4. The Morgan fingerprint density at radius 3 is 2.69 bits per heavy atom. The van der Waals surface area contributed by atoms with E-state index in [1.165, 1.54) is 10.7 Å². The summed E-state index contributed by atoms with van der Waals surface area (Å²) >= 11 is 6.39. The van der Waals surface area contributed by atoms with Crippen LogP contribution in [0.4, 0.5) is 4.39 Å². The zero-order valence-electron chi connectivity index (χ0n) is 17.6. The Morgan fingerprint density at radius 1 is 1.19 bits per heavy atom. The molecule has 1 aliphatic heterocycles. The van der Waals surface area contributed by atoms with Crippen molar-refractivity contribution in [2.75, 3.05) is 19.7 Å². The number of piperidine rings is 1. The first-order valence-corrected chi connectivity index (χ1v) is 10.9. The van der Waals surface area contributed by atoms with E-state index in [4.69, 9.17) is 16.3 Å². The van der Waals surface area contributed by atoms with Crippen LogP contribution in [0, 0.1) is 11.7 Å². The Kier molecular flexibility index (Phi) is 6.55. The van der Waals surface area contributed by atoms with Gasteiger partial charge < -0.3 is 9.64 Å². The van der Waals surface area contributed by atoms with Gasteiger partial charge in [-0.3, -0.25) is 9.59 Å². The van der Waals surface area contributed by atoms with E-state index in [0.29, 0.717) is 42.4 Å². The zero-order chi connectivity index (χ0) is 22.7. The van der Waals surface area contributed by atoms with E-state index in [9.17, 15) is 14.0 Å². The molecule has 2 heterocycles. The number of para-hydroxylation sites is 1. The number of amides is 1. The molecule has 1 amide bonds. The fourth-order valence-electron chi connectivity index (χ4n) is 3.92. The smallest absolute Gasteiger partial charge is 0.310 e. The molecule has 0 spiro atoms. The van der Waals surface area contributed by atoms with Crippen LogP contribution < -0.4 is 0 Å². The van der Waals surface area contributed by atoms with E-state index >= 15 is 0 Å². The molecule has 8 heteroatoms.